The summed E-state index contributed by atoms with van der Waals surface area (Å²) in [5, 5.41) is 8.23. The summed E-state index contributed by atoms with van der Waals surface area (Å²) >= 11 is 5.75. The number of aromatic nitrogens is 5. The molecular formula is C10H6ClN5O. The number of hydrogen-bond acceptors (Lipinski definition) is 4. The predicted octanol–water partition coefficient (Wildman–Crippen LogP) is 1.13. The Bertz CT molecular complexity index is 748. The van der Waals surface area contributed by atoms with Gasteiger partial charge in [0, 0.05) is 24.5 Å². The molecule has 0 aromatic carbocycles. The minimum absolute atomic E-state index is 0.131. The molecule has 0 fully saturated rings. The molecule has 3 aromatic heterocycles. The van der Waals surface area contributed by atoms with Gasteiger partial charge in [0.2, 0.25) is 0 Å². The molecule has 0 unspecified atom stereocenters. The van der Waals surface area contributed by atoms with Crippen molar-refractivity contribution in [1.29, 1.82) is 0 Å². The fourth-order valence-electron chi connectivity index (χ4n) is 1.55. The summed E-state index contributed by atoms with van der Waals surface area (Å²) in [5.74, 6) is 0.436. The molecule has 0 amide bonds. The number of rotatable bonds is 1. The minimum Gasteiger partial charge on any atom is -0.367 e. The fraction of sp³-hybridized carbons (Fsp3) is 0. The van der Waals surface area contributed by atoms with E-state index < -0.39 is 0 Å². The van der Waals surface area contributed by atoms with Crippen LogP contribution in [0.4, 0.5) is 0 Å². The lowest BCUT2D eigenvalue weighted by molar-refractivity contribution is 1.07. The fourth-order valence-corrected chi connectivity index (χ4v) is 1.69. The van der Waals surface area contributed by atoms with Crippen LogP contribution in [0, 0.1) is 0 Å². The Morgan fingerprint density at radius 1 is 1.35 bits per heavy atom. The Hall–Kier alpha value is -2.21. The predicted molar refractivity (Wildman–Crippen MR) is 61.8 cm³/mol. The molecule has 3 heterocycles. The highest BCUT2D eigenvalue weighted by atomic mass is 35.5. The summed E-state index contributed by atoms with van der Waals surface area (Å²) in [7, 11) is 0. The van der Waals surface area contributed by atoms with Gasteiger partial charge in [-0.2, -0.15) is 0 Å². The van der Waals surface area contributed by atoms with Crippen LogP contribution in [0.15, 0.2) is 35.6 Å². The Labute approximate surface area is 99.9 Å². The maximum atomic E-state index is 11.7. The molecule has 1 N–H and O–H groups in total. The van der Waals surface area contributed by atoms with Crippen LogP contribution in [0.2, 0.25) is 5.15 Å². The molecule has 6 nitrogen and oxygen atoms in total. The molecule has 17 heavy (non-hydrogen) atoms. The Balaban J connectivity index is 2.32. The number of fused-ring (bicyclic) bond motifs is 1. The second kappa shape index (κ2) is 3.67. The number of nitrogens with zero attached hydrogens (tertiary/aromatic N) is 4. The van der Waals surface area contributed by atoms with Crippen molar-refractivity contribution in [2.24, 2.45) is 0 Å². The third-order valence-electron chi connectivity index (χ3n) is 2.33. The van der Waals surface area contributed by atoms with Crippen molar-refractivity contribution in [3.8, 4) is 11.4 Å². The molecule has 0 saturated heterocycles. The van der Waals surface area contributed by atoms with Crippen LogP contribution in [0.3, 0.4) is 0 Å². The highest BCUT2D eigenvalue weighted by Gasteiger charge is 2.11. The maximum Gasteiger partial charge on any atom is 0.192 e. The molecule has 0 aliphatic heterocycles. The number of nitrogens with one attached hydrogen (secondary N) is 1. The topological polar surface area (TPSA) is 75.9 Å². The smallest absolute Gasteiger partial charge is 0.192 e. The molecule has 0 bridgehead atoms. The van der Waals surface area contributed by atoms with Crippen LogP contribution in [-0.2, 0) is 0 Å². The number of hydrogen-bond donors (Lipinski definition) is 1. The van der Waals surface area contributed by atoms with Crippen molar-refractivity contribution in [1.82, 2.24) is 24.6 Å². The van der Waals surface area contributed by atoms with E-state index >= 15 is 0 Å². The highest BCUT2D eigenvalue weighted by molar-refractivity contribution is 6.29. The molecule has 7 heteroatoms. The van der Waals surface area contributed by atoms with Crippen LogP contribution >= 0.6 is 11.6 Å². The third kappa shape index (κ3) is 1.58. The van der Waals surface area contributed by atoms with Gasteiger partial charge in [0.05, 0.1) is 5.56 Å². The number of halogens is 1. The monoisotopic (exact) mass is 247 g/mol. The average Bonchev–Trinajstić information content (AvgIpc) is 2.72. The second-order valence-electron chi connectivity index (χ2n) is 3.39. The van der Waals surface area contributed by atoms with Crippen molar-refractivity contribution in [3.63, 3.8) is 0 Å². The van der Waals surface area contributed by atoms with E-state index in [0.29, 0.717) is 22.2 Å². The summed E-state index contributed by atoms with van der Waals surface area (Å²) in [6, 6.07) is 3.01. The Morgan fingerprint density at radius 2 is 2.24 bits per heavy atom. The van der Waals surface area contributed by atoms with Crippen LogP contribution in [0.25, 0.3) is 17.0 Å². The van der Waals surface area contributed by atoms with E-state index in [1.807, 2.05) is 0 Å². The van der Waals surface area contributed by atoms with E-state index in [1.54, 1.807) is 22.9 Å². The van der Waals surface area contributed by atoms with Crippen LogP contribution in [0.5, 0.6) is 0 Å². The summed E-state index contributed by atoms with van der Waals surface area (Å²) in [6.45, 7) is 0. The molecule has 0 aliphatic carbocycles. The van der Waals surface area contributed by atoms with Crippen LogP contribution in [0.1, 0.15) is 0 Å². The summed E-state index contributed by atoms with van der Waals surface area (Å²) in [4.78, 5) is 18.5. The van der Waals surface area contributed by atoms with Gasteiger partial charge in [-0.15, -0.1) is 10.2 Å². The highest BCUT2D eigenvalue weighted by Crippen LogP contribution is 2.15. The van der Waals surface area contributed by atoms with Crippen molar-refractivity contribution in [2.45, 2.75) is 0 Å². The average molecular weight is 248 g/mol. The summed E-state index contributed by atoms with van der Waals surface area (Å²) in [5.41, 5.74) is 0.848. The Morgan fingerprint density at radius 3 is 3.06 bits per heavy atom. The number of H-pyrrole nitrogens is 1. The van der Waals surface area contributed by atoms with E-state index in [2.05, 4.69) is 20.2 Å². The van der Waals surface area contributed by atoms with Crippen molar-refractivity contribution >= 4 is 17.2 Å². The van der Waals surface area contributed by atoms with Crippen molar-refractivity contribution < 1.29 is 0 Å². The van der Waals surface area contributed by atoms with Gasteiger partial charge < -0.3 is 4.98 Å². The quantitative estimate of drug-likeness (QED) is 0.654. The third-order valence-corrected chi connectivity index (χ3v) is 2.54. The normalized spacial score (nSPS) is 10.9. The van der Waals surface area contributed by atoms with Gasteiger partial charge in [-0.05, 0) is 0 Å². The zero-order valence-corrected chi connectivity index (χ0v) is 9.22. The van der Waals surface area contributed by atoms with Gasteiger partial charge in [0.25, 0.3) is 0 Å². The van der Waals surface area contributed by atoms with E-state index in [1.165, 1.54) is 12.4 Å². The molecule has 0 atom stereocenters. The van der Waals surface area contributed by atoms with Gasteiger partial charge in [-0.1, -0.05) is 11.6 Å². The van der Waals surface area contributed by atoms with Crippen molar-refractivity contribution in [3.05, 3.63) is 46.2 Å². The van der Waals surface area contributed by atoms with Gasteiger partial charge in [-0.25, -0.2) is 4.98 Å². The van der Waals surface area contributed by atoms with Gasteiger partial charge in [0.15, 0.2) is 16.9 Å². The number of aromatic amines is 1. The molecule has 0 aliphatic rings. The minimum atomic E-state index is -0.131. The first-order valence-corrected chi connectivity index (χ1v) is 5.17. The van der Waals surface area contributed by atoms with E-state index in [0.717, 1.165) is 0 Å². The van der Waals surface area contributed by atoms with Gasteiger partial charge >= 0.3 is 0 Å². The van der Waals surface area contributed by atoms with Crippen LogP contribution in [-0.4, -0.2) is 24.6 Å². The number of pyridine rings is 1. The maximum absolute atomic E-state index is 11.7. The van der Waals surface area contributed by atoms with Gasteiger partial charge in [-0.3, -0.25) is 9.20 Å². The lowest BCUT2D eigenvalue weighted by Gasteiger charge is -1.98. The molecule has 3 aromatic rings. The molecule has 84 valence electrons. The molecular weight excluding hydrogens is 242 g/mol. The zero-order valence-electron chi connectivity index (χ0n) is 8.46. The van der Waals surface area contributed by atoms with Crippen molar-refractivity contribution in [2.75, 3.05) is 0 Å². The van der Waals surface area contributed by atoms with Crippen LogP contribution < -0.4 is 5.43 Å². The van der Waals surface area contributed by atoms with E-state index in [-0.39, 0.29) is 5.43 Å². The summed E-state index contributed by atoms with van der Waals surface area (Å²) < 4.78 is 1.61. The lowest BCUT2D eigenvalue weighted by Crippen LogP contribution is -2.05. The van der Waals surface area contributed by atoms with Gasteiger partial charge in [0.1, 0.15) is 11.5 Å². The molecule has 0 spiro atoms. The largest absolute Gasteiger partial charge is 0.367 e. The standard InChI is InChI=1S/C10H6ClN5O/c11-8-3-9-14-15-10(16(9)5-13-8)6-4-12-2-1-7(6)17/h1-5H,(H,12,17). The molecule has 0 saturated carbocycles. The second-order valence-corrected chi connectivity index (χ2v) is 3.77. The van der Waals surface area contributed by atoms with E-state index in [4.69, 9.17) is 11.6 Å². The first-order chi connectivity index (χ1) is 8.25. The molecule has 0 radical (unpaired) electrons. The lowest BCUT2D eigenvalue weighted by atomic mass is 10.2. The molecule has 3 rings (SSSR count). The first kappa shape index (κ1) is 9.98. The SMILES string of the molecule is O=c1cc[nH]cc1-c1nnc2cc(Cl)ncn12. The summed E-state index contributed by atoms with van der Waals surface area (Å²) in [6.07, 6.45) is 4.62. The van der Waals surface area contributed by atoms with E-state index in [9.17, 15) is 4.79 Å². The Kier molecular flexibility index (Phi) is 2.15. The zero-order chi connectivity index (χ0) is 11.8. The first-order valence-electron chi connectivity index (χ1n) is 4.79.